The summed E-state index contributed by atoms with van der Waals surface area (Å²) >= 11 is 0. The van der Waals surface area contributed by atoms with Gasteiger partial charge in [0.2, 0.25) is 0 Å². The summed E-state index contributed by atoms with van der Waals surface area (Å²) in [6.07, 6.45) is -2.39. The molecule has 0 bridgehead atoms. The lowest BCUT2D eigenvalue weighted by molar-refractivity contribution is 0.156. The van der Waals surface area contributed by atoms with Gasteiger partial charge in [0.1, 0.15) is 17.5 Å². The van der Waals surface area contributed by atoms with Crippen molar-refractivity contribution in [3.63, 3.8) is 0 Å². The molecule has 0 aliphatic carbocycles. The van der Waals surface area contributed by atoms with Gasteiger partial charge in [0.25, 0.3) is 6.43 Å². The number of alkyl halides is 2. The van der Waals surface area contributed by atoms with Gasteiger partial charge in [-0.1, -0.05) is 0 Å². The second-order valence-corrected chi connectivity index (χ2v) is 2.97. The van der Waals surface area contributed by atoms with Crippen molar-refractivity contribution >= 4 is 11.6 Å². The van der Waals surface area contributed by atoms with Crippen molar-refractivity contribution in [3.05, 3.63) is 11.9 Å². The Morgan fingerprint density at radius 3 is 2.64 bits per heavy atom. The number of hydrogen-bond acceptors (Lipinski definition) is 4. The van der Waals surface area contributed by atoms with Crippen LogP contribution < -0.4 is 10.6 Å². The quantitative estimate of drug-likeness (QED) is 0.796. The van der Waals surface area contributed by atoms with Crippen LogP contribution in [-0.2, 0) is 0 Å². The van der Waals surface area contributed by atoms with Gasteiger partial charge in [0, 0.05) is 13.1 Å². The van der Waals surface area contributed by atoms with Gasteiger partial charge in [-0.15, -0.1) is 0 Å². The smallest absolute Gasteiger partial charge is 0.255 e. The van der Waals surface area contributed by atoms with Crippen LogP contribution in [0.15, 0.2) is 6.07 Å². The van der Waals surface area contributed by atoms with Crippen LogP contribution in [0.1, 0.15) is 5.82 Å². The highest BCUT2D eigenvalue weighted by Crippen LogP contribution is 2.13. The van der Waals surface area contributed by atoms with E-state index in [9.17, 15) is 8.78 Å². The molecule has 0 aromatic carbocycles. The lowest BCUT2D eigenvalue weighted by Gasteiger charge is -2.17. The van der Waals surface area contributed by atoms with Crippen LogP contribution in [0.25, 0.3) is 0 Å². The Bertz CT molecular complexity index is 296. The third-order valence-electron chi connectivity index (χ3n) is 1.65. The van der Waals surface area contributed by atoms with Crippen LogP contribution in [0, 0.1) is 6.92 Å². The highest BCUT2D eigenvalue weighted by atomic mass is 19.3. The third kappa shape index (κ3) is 2.79. The predicted octanol–water partition coefficient (Wildman–Crippen LogP) is 1.07. The summed E-state index contributed by atoms with van der Waals surface area (Å²) in [6.45, 7) is 1.30. The van der Waals surface area contributed by atoms with E-state index in [0.29, 0.717) is 11.6 Å². The Labute approximate surface area is 80.8 Å². The van der Waals surface area contributed by atoms with Crippen LogP contribution >= 0.6 is 0 Å². The molecule has 0 aliphatic rings. The first-order chi connectivity index (χ1) is 6.49. The largest absolute Gasteiger partial charge is 0.384 e. The highest BCUT2D eigenvalue weighted by molar-refractivity contribution is 5.46. The second kappa shape index (κ2) is 4.17. The average Bonchev–Trinajstić information content (AvgIpc) is 2.00. The molecule has 1 heterocycles. The molecule has 0 unspecified atom stereocenters. The van der Waals surface area contributed by atoms with Crippen LogP contribution in [0.2, 0.25) is 0 Å². The van der Waals surface area contributed by atoms with E-state index in [1.165, 1.54) is 18.0 Å². The number of nitrogens with two attached hydrogens (primary N) is 1. The summed E-state index contributed by atoms with van der Waals surface area (Å²) in [5, 5.41) is 0. The molecule has 1 aromatic rings. The van der Waals surface area contributed by atoms with Gasteiger partial charge in [-0.25, -0.2) is 18.7 Å². The molecule has 14 heavy (non-hydrogen) atoms. The summed E-state index contributed by atoms with van der Waals surface area (Å²) in [4.78, 5) is 9.18. The summed E-state index contributed by atoms with van der Waals surface area (Å²) in [5.74, 6) is 1.17. The van der Waals surface area contributed by atoms with E-state index >= 15 is 0 Å². The van der Waals surface area contributed by atoms with Gasteiger partial charge >= 0.3 is 0 Å². The van der Waals surface area contributed by atoms with Gasteiger partial charge in [-0.2, -0.15) is 0 Å². The average molecular weight is 202 g/mol. The molecule has 0 atom stereocenters. The van der Waals surface area contributed by atoms with E-state index in [1.54, 1.807) is 6.92 Å². The van der Waals surface area contributed by atoms with Crippen molar-refractivity contribution in [1.29, 1.82) is 0 Å². The van der Waals surface area contributed by atoms with Crippen LogP contribution in [0.5, 0.6) is 0 Å². The minimum atomic E-state index is -2.39. The molecule has 1 aromatic heterocycles. The summed E-state index contributed by atoms with van der Waals surface area (Å²) in [6, 6.07) is 1.47. The fraction of sp³-hybridized carbons (Fsp3) is 0.500. The topological polar surface area (TPSA) is 55.0 Å². The maximum absolute atomic E-state index is 12.1. The standard InChI is InChI=1S/C8H12F2N4/c1-5-12-7(11)3-8(13-5)14(2)4-6(9)10/h3,6H,4H2,1-2H3,(H2,11,12,13). The Balaban J connectivity index is 2.84. The van der Waals surface area contributed by atoms with E-state index < -0.39 is 6.43 Å². The lowest BCUT2D eigenvalue weighted by Crippen LogP contribution is -2.25. The van der Waals surface area contributed by atoms with E-state index in [2.05, 4.69) is 9.97 Å². The van der Waals surface area contributed by atoms with Gasteiger partial charge in [-0.3, -0.25) is 0 Å². The first kappa shape index (κ1) is 10.6. The van der Waals surface area contributed by atoms with E-state index in [-0.39, 0.29) is 12.4 Å². The van der Waals surface area contributed by atoms with E-state index in [0.717, 1.165) is 0 Å². The zero-order valence-electron chi connectivity index (χ0n) is 8.04. The molecule has 4 nitrogen and oxygen atoms in total. The Hall–Kier alpha value is -1.46. The molecule has 78 valence electrons. The highest BCUT2D eigenvalue weighted by Gasteiger charge is 2.10. The van der Waals surface area contributed by atoms with Gasteiger partial charge in [-0.05, 0) is 6.92 Å². The molecule has 0 saturated heterocycles. The first-order valence-corrected chi connectivity index (χ1v) is 4.09. The van der Waals surface area contributed by atoms with Gasteiger partial charge in [0.05, 0.1) is 6.54 Å². The van der Waals surface area contributed by atoms with Crippen LogP contribution in [0.4, 0.5) is 20.4 Å². The van der Waals surface area contributed by atoms with Crippen molar-refractivity contribution < 1.29 is 8.78 Å². The normalized spacial score (nSPS) is 10.6. The fourth-order valence-corrected chi connectivity index (χ4v) is 1.07. The Kier molecular flexibility index (Phi) is 3.16. The predicted molar refractivity (Wildman–Crippen MR) is 50.5 cm³/mol. The fourth-order valence-electron chi connectivity index (χ4n) is 1.07. The molecule has 1 rings (SSSR count). The van der Waals surface area contributed by atoms with Crippen molar-refractivity contribution in [2.75, 3.05) is 24.2 Å². The molecule has 6 heteroatoms. The lowest BCUT2D eigenvalue weighted by atomic mass is 10.4. The van der Waals surface area contributed by atoms with Crippen molar-refractivity contribution in [2.24, 2.45) is 0 Å². The number of halogens is 2. The molecule has 0 aliphatic heterocycles. The number of rotatable bonds is 3. The number of aryl methyl sites for hydroxylation is 1. The molecular weight excluding hydrogens is 190 g/mol. The van der Waals surface area contributed by atoms with Crippen molar-refractivity contribution in [3.8, 4) is 0 Å². The maximum atomic E-state index is 12.1. The number of aromatic nitrogens is 2. The molecule has 0 saturated carbocycles. The van der Waals surface area contributed by atoms with E-state index in [1.807, 2.05) is 0 Å². The summed E-state index contributed by atoms with van der Waals surface area (Å²) in [7, 11) is 1.54. The number of anilines is 2. The number of hydrogen-bond donors (Lipinski definition) is 1. The third-order valence-corrected chi connectivity index (χ3v) is 1.65. The number of nitrogen functional groups attached to an aromatic ring is 1. The second-order valence-electron chi connectivity index (χ2n) is 2.97. The molecular formula is C8H12F2N4. The zero-order chi connectivity index (χ0) is 10.7. The Morgan fingerprint density at radius 1 is 1.50 bits per heavy atom. The Morgan fingerprint density at radius 2 is 2.14 bits per heavy atom. The minimum absolute atomic E-state index is 0.286. The maximum Gasteiger partial charge on any atom is 0.255 e. The molecule has 0 spiro atoms. The van der Waals surface area contributed by atoms with Gasteiger partial charge in [0.15, 0.2) is 0 Å². The number of nitrogens with zero attached hydrogens (tertiary/aromatic N) is 3. The monoisotopic (exact) mass is 202 g/mol. The summed E-state index contributed by atoms with van der Waals surface area (Å²) in [5.41, 5.74) is 5.46. The molecule has 0 fully saturated rings. The summed E-state index contributed by atoms with van der Waals surface area (Å²) < 4.78 is 24.1. The zero-order valence-corrected chi connectivity index (χ0v) is 8.04. The van der Waals surface area contributed by atoms with Crippen molar-refractivity contribution in [1.82, 2.24) is 9.97 Å². The van der Waals surface area contributed by atoms with Crippen LogP contribution in [0.3, 0.4) is 0 Å². The van der Waals surface area contributed by atoms with Gasteiger partial charge < -0.3 is 10.6 Å². The first-order valence-electron chi connectivity index (χ1n) is 4.09. The van der Waals surface area contributed by atoms with E-state index in [4.69, 9.17) is 5.73 Å². The molecule has 2 N–H and O–H groups in total. The molecule has 0 radical (unpaired) electrons. The van der Waals surface area contributed by atoms with Crippen LogP contribution in [-0.4, -0.2) is 30.0 Å². The SMILES string of the molecule is Cc1nc(N)cc(N(C)CC(F)F)n1. The molecule has 0 amide bonds. The minimum Gasteiger partial charge on any atom is -0.384 e. The van der Waals surface area contributed by atoms with Crippen molar-refractivity contribution in [2.45, 2.75) is 13.3 Å².